The molecule has 0 saturated carbocycles. The third-order valence-corrected chi connectivity index (χ3v) is 5.45. The van der Waals surface area contributed by atoms with Gasteiger partial charge in [-0.05, 0) is 38.5 Å². The van der Waals surface area contributed by atoms with Gasteiger partial charge in [-0.1, -0.05) is 0 Å². The molecule has 144 valence electrons. The largest absolute Gasteiger partial charge is 0.474 e. The molecule has 0 N–H and O–H groups in total. The van der Waals surface area contributed by atoms with Gasteiger partial charge in [-0.3, -0.25) is 9.69 Å². The van der Waals surface area contributed by atoms with Crippen LogP contribution in [0.1, 0.15) is 20.3 Å². The fraction of sp³-hybridized carbons (Fsp3) is 0.550. The summed E-state index contributed by atoms with van der Waals surface area (Å²) in [5.74, 6) is 0.900. The average molecular weight is 369 g/mol. The van der Waals surface area contributed by atoms with Crippen LogP contribution in [-0.2, 0) is 4.79 Å². The number of carbonyl (C=O) groups excluding carboxylic acids is 1. The summed E-state index contributed by atoms with van der Waals surface area (Å²) < 4.78 is 5.86. The third-order valence-electron chi connectivity index (χ3n) is 5.45. The number of rotatable bonds is 4. The molecule has 1 aromatic carbocycles. The molecule has 1 unspecified atom stereocenters. The lowest BCUT2D eigenvalue weighted by atomic mass is 10.1. The normalized spacial score (nSPS) is 21.5. The highest BCUT2D eigenvalue weighted by atomic mass is 16.5. The molecule has 4 rings (SSSR count). The Morgan fingerprint density at radius 3 is 2.56 bits per heavy atom. The van der Waals surface area contributed by atoms with Gasteiger partial charge in [0.25, 0.3) is 0 Å². The van der Waals surface area contributed by atoms with E-state index in [0.717, 1.165) is 55.7 Å². The predicted molar refractivity (Wildman–Crippen MR) is 105 cm³/mol. The van der Waals surface area contributed by atoms with Gasteiger partial charge in [0.1, 0.15) is 6.33 Å². The van der Waals surface area contributed by atoms with Crippen LogP contribution in [0, 0.1) is 0 Å². The minimum Gasteiger partial charge on any atom is -0.474 e. The second-order valence-corrected chi connectivity index (χ2v) is 7.63. The molecule has 0 spiro atoms. The van der Waals surface area contributed by atoms with Gasteiger partial charge in [0.05, 0.1) is 23.0 Å². The number of ether oxygens (including phenoxy) is 1. The van der Waals surface area contributed by atoms with Crippen LogP contribution in [0.4, 0.5) is 5.69 Å². The number of likely N-dealkylation sites (N-methyl/N-ethyl adjacent to an activating group) is 1. The predicted octanol–water partition coefficient (Wildman–Crippen LogP) is 1.77. The van der Waals surface area contributed by atoms with Gasteiger partial charge in [0.15, 0.2) is 0 Å². The molecule has 1 aromatic heterocycles. The zero-order valence-corrected chi connectivity index (χ0v) is 16.3. The molecule has 27 heavy (non-hydrogen) atoms. The highest BCUT2D eigenvalue weighted by Gasteiger charge is 2.35. The topological polar surface area (TPSA) is 61.8 Å². The first kappa shape index (κ1) is 18.0. The Labute approximate surface area is 159 Å². The number of anilines is 1. The van der Waals surface area contributed by atoms with Crippen LogP contribution in [0.3, 0.4) is 0 Å². The number of piperazine rings is 1. The quantitative estimate of drug-likeness (QED) is 0.819. The first-order valence-corrected chi connectivity index (χ1v) is 9.68. The zero-order valence-electron chi connectivity index (χ0n) is 16.3. The fourth-order valence-electron chi connectivity index (χ4n) is 3.97. The number of fused-ring (bicyclic) bond motifs is 1. The number of nitrogens with zero attached hydrogens (tertiary/aromatic N) is 5. The molecule has 2 saturated heterocycles. The molecule has 1 atom stereocenters. The molecule has 1 amide bonds. The highest BCUT2D eigenvalue weighted by Crippen LogP contribution is 2.28. The maximum atomic E-state index is 12.3. The van der Waals surface area contributed by atoms with Crippen molar-refractivity contribution >= 4 is 22.5 Å². The minimum absolute atomic E-state index is 0.0631. The number of likely N-dealkylation sites (tertiary alicyclic amines) is 1. The smallest absolute Gasteiger partial charge is 0.239 e. The SMILES string of the molecule is CC(C)Oc1ncnc2ccc(N3CCN(C4CCN(C)C4=O)CC3)cc12. The van der Waals surface area contributed by atoms with Gasteiger partial charge >= 0.3 is 0 Å². The summed E-state index contributed by atoms with van der Waals surface area (Å²) in [6.45, 7) is 8.50. The summed E-state index contributed by atoms with van der Waals surface area (Å²) >= 11 is 0. The summed E-state index contributed by atoms with van der Waals surface area (Å²) in [4.78, 5) is 27.5. The molecular weight excluding hydrogens is 342 g/mol. The maximum absolute atomic E-state index is 12.3. The molecule has 0 aliphatic carbocycles. The Kier molecular flexibility index (Phi) is 4.86. The Hall–Kier alpha value is -2.41. The molecule has 0 bridgehead atoms. The van der Waals surface area contributed by atoms with E-state index >= 15 is 0 Å². The summed E-state index contributed by atoms with van der Waals surface area (Å²) in [5, 5.41) is 0.943. The van der Waals surface area contributed by atoms with Crippen molar-refractivity contribution in [3.8, 4) is 5.88 Å². The van der Waals surface area contributed by atoms with Gasteiger partial charge in [-0.25, -0.2) is 9.97 Å². The van der Waals surface area contributed by atoms with Gasteiger partial charge in [0.2, 0.25) is 11.8 Å². The van der Waals surface area contributed by atoms with Crippen LogP contribution < -0.4 is 9.64 Å². The van der Waals surface area contributed by atoms with E-state index in [4.69, 9.17) is 4.74 Å². The zero-order chi connectivity index (χ0) is 19.0. The van der Waals surface area contributed by atoms with Gasteiger partial charge in [-0.2, -0.15) is 0 Å². The van der Waals surface area contributed by atoms with E-state index in [2.05, 4.69) is 31.9 Å². The Morgan fingerprint density at radius 1 is 1.11 bits per heavy atom. The Balaban J connectivity index is 1.49. The van der Waals surface area contributed by atoms with E-state index in [1.807, 2.05) is 31.9 Å². The van der Waals surface area contributed by atoms with Crippen molar-refractivity contribution in [1.29, 1.82) is 0 Å². The van der Waals surface area contributed by atoms with Crippen molar-refractivity contribution in [3.05, 3.63) is 24.5 Å². The summed E-state index contributed by atoms with van der Waals surface area (Å²) in [6, 6.07) is 6.32. The molecule has 2 fully saturated rings. The number of carbonyl (C=O) groups is 1. The first-order valence-electron chi connectivity index (χ1n) is 9.68. The molecule has 2 aromatic rings. The van der Waals surface area contributed by atoms with Crippen LogP contribution in [0.25, 0.3) is 10.9 Å². The Bertz CT molecular complexity index is 832. The highest BCUT2D eigenvalue weighted by molar-refractivity contribution is 5.87. The molecule has 7 heteroatoms. The Morgan fingerprint density at radius 2 is 1.89 bits per heavy atom. The molecule has 2 aliphatic rings. The van der Waals surface area contributed by atoms with Crippen molar-refractivity contribution < 1.29 is 9.53 Å². The average Bonchev–Trinajstić information content (AvgIpc) is 3.00. The lowest BCUT2D eigenvalue weighted by Crippen LogP contribution is -2.52. The standard InChI is InChI=1S/C20H27N5O2/c1-14(2)27-19-16-12-15(4-5-17(16)21-13-22-19)24-8-10-25(11-9-24)18-6-7-23(3)20(18)26/h4-5,12-14,18H,6-11H2,1-3H3. The summed E-state index contributed by atoms with van der Waals surface area (Å²) in [7, 11) is 1.90. The second-order valence-electron chi connectivity index (χ2n) is 7.63. The van der Waals surface area contributed by atoms with Gasteiger partial charge < -0.3 is 14.5 Å². The van der Waals surface area contributed by atoms with Crippen LogP contribution in [0.5, 0.6) is 5.88 Å². The monoisotopic (exact) mass is 369 g/mol. The van der Waals surface area contributed by atoms with E-state index < -0.39 is 0 Å². The van der Waals surface area contributed by atoms with Crippen LogP contribution in [0.2, 0.25) is 0 Å². The van der Waals surface area contributed by atoms with Crippen LogP contribution in [-0.4, -0.2) is 77.6 Å². The number of benzene rings is 1. The molecule has 2 aliphatic heterocycles. The van der Waals surface area contributed by atoms with Crippen molar-refractivity contribution in [2.24, 2.45) is 0 Å². The number of aromatic nitrogens is 2. The van der Waals surface area contributed by atoms with Crippen LogP contribution in [0.15, 0.2) is 24.5 Å². The van der Waals surface area contributed by atoms with Gasteiger partial charge in [-0.15, -0.1) is 0 Å². The summed E-state index contributed by atoms with van der Waals surface area (Å²) in [5.41, 5.74) is 2.04. The summed E-state index contributed by atoms with van der Waals surface area (Å²) in [6.07, 6.45) is 2.56. The molecule has 0 radical (unpaired) electrons. The van der Waals surface area contributed by atoms with Crippen molar-refractivity contribution in [2.45, 2.75) is 32.4 Å². The first-order chi connectivity index (χ1) is 13.0. The van der Waals surface area contributed by atoms with E-state index in [0.29, 0.717) is 5.88 Å². The lowest BCUT2D eigenvalue weighted by Gasteiger charge is -2.38. The van der Waals surface area contributed by atoms with Crippen molar-refractivity contribution in [1.82, 2.24) is 19.8 Å². The van der Waals surface area contributed by atoms with Crippen LogP contribution >= 0.6 is 0 Å². The lowest BCUT2D eigenvalue weighted by molar-refractivity contribution is -0.131. The second kappa shape index (κ2) is 7.31. The number of hydrogen-bond acceptors (Lipinski definition) is 6. The van der Waals surface area contributed by atoms with E-state index in [9.17, 15) is 4.79 Å². The van der Waals surface area contributed by atoms with E-state index in [1.54, 1.807) is 6.33 Å². The maximum Gasteiger partial charge on any atom is 0.239 e. The fourth-order valence-corrected chi connectivity index (χ4v) is 3.97. The minimum atomic E-state index is 0.0631. The van der Waals surface area contributed by atoms with E-state index in [-0.39, 0.29) is 18.1 Å². The van der Waals surface area contributed by atoms with Crippen molar-refractivity contribution in [2.75, 3.05) is 44.7 Å². The van der Waals surface area contributed by atoms with Gasteiger partial charge in [0, 0.05) is 45.5 Å². The third kappa shape index (κ3) is 3.56. The molecular formula is C20H27N5O2. The number of hydrogen-bond donors (Lipinski definition) is 0. The van der Waals surface area contributed by atoms with E-state index in [1.165, 1.54) is 0 Å². The molecule has 7 nitrogen and oxygen atoms in total. The van der Waals surface area contributed by atoms with Crippen molar-refractivity contribution in [3.63, 3.8) is 0 Å². The molecule has 3 heterocycles. The number of amides is 1.